The molecule has 0 saturated carbocycles. The highest BCUT2D eigenvalue weighted by Crippen LogP contribution is 2.42. The molecule has 0 aliphatic heterocycles. The molecule has 8 nitrogen and oxygen atoms in total. The molecule has 0 spiro atoms. The van der Waals surface area contributed by atoms with Crippen LogP contribution in [0.1, 0.15) is 46.4 Å². The van der Waals surface area contributed by atoms with Crippen molar-refractivity contribution < 1.29 is 47.2 Å². The molecule has 3 aromatic carbocycles. The summed E-state index contributed by atoms with van der Waals surface area (Å²) in [6.45, 7) is 0.493. The number of carboxylic acid groups (broad SMARTS) is 2. The molecule has 5 rings (SSSR count). The molecule has 1 aliphatic rings. The molecule has 43 heavy (non-hydrogen) atoms. The summed E-state index contributed by atoms with van der Waals surface area (Å²) in [4.78, 5) is 37.9. The van der Waals surface area contributed by atoms with Crippen LogP contribution >= 0.6 is 0 Å². The van der Waals surface area contributed by atoms with E-state index < -0.39 is 41.8 Å². The number of fused-ring (bicyclic) bond motifs is 3. The number of hydrogen-bond donors (Lipinski definition) is 2. The molecule has 0 amide bonds. The van der Waals surface area contributed by atoms with E-state index in [1.165, 1.54) is 16.2 Å². The van der Waals surface area contributed by atoms with E-state index in [4.69, 9.17) is 4.74 Å². The quantitative estimate of drug-likeness (QED) is 0.164. The number of unbranched alkanes of at least 4 members (excludes halogenated alkanes) is 1. The van der Waals surface area contributed by atoms with Gasteiger partial charge in [-0.3, -0.25) is 19.0 Å². The number of benzene rings is 3. The van der Waals surface area contributed by atoms with Crippen molar-refractivity contribution in [1.29, 1.82) is 0 Å². The zero-order valence-corrected chi connectivity index (χ0v) is 22.9. The number of hydrogen-bond acceptors (Lipinski definition) is 5. The molecule has 224 valence electrons. The van der Waals surface area contributed by atoms with Gasteiger partial charge in [-0.25, -0.2) is 0 Å². The number of ether oxygens (including phenoxy) is 2. The van der Waals surface area contributed by atoms with E-state index in [1.54, 1.807) is 24.3 Å². The largest absolute Gasteiger partial charge is 0.573 e. The van der Waals surface area contributed by atoms with Crippen LogP contribution in [0, 0.1) is 5.41 Å². The summed E-state index contributed by atoms with van der Waals surface area (Å²) in [5.74, 6) is -3.62. The Kier molecular flexibility index (Phi) is 8.16. The summed E-state index contributed by atoms with van der Waals surface area (Å²) in [5.41, 5.74) is 0.0834. The van der Waals surface area contributed by atoms with Crippen molar-refractivity contribution in [2.24, 2.45) is 5.41 Å². The lowest BCUT2D eigenvalue weighted by atomic mass is 9.72. The van der Waals surface area contributed by atoms with Gasteiger partial charge in [0.05, 0.1) is 12.1 Å². The number of alkyl halides is 3. The zero-order valence-electron chi connectivity index (χ0n) is 22.9. The fraction of sp³-hybridized carbons (Fsp3) is 0.281. The van der Waals surface area contributed by atoms with Crippen molar-refractivity contribution in [1.82, 2.24) is 4.57 Å². The molecule has 1 aromatic heterocycles. The van der Waals surface area contributed by atoms with E-state index in [9.17, 15) is 37.8 Å². The summed E-state index contributed by atoms with van der Waals surface area (Å²) < 4.78 is 50.0. The molecule has 2 N–H and O–H groups in total. The lowest BCUT2D eigenvalue weighted by Crippen LogP contribution is -2.44. The first-order valence-corrected chi connectivity index (χ1v) is 13.7. The number of carbonyl (C=O) groups excluding carboxylic acids is 1. The SMILES string of the molecule is O=C(c1ccc(OCCCCc2ccccc2)cc1)n1c2c(c3cc(OC(F)(F)F)ccc31)CC(C(=O)O)(C(=O)O)CC2. The Morgan fingerprint density at radius 2 is 1.56 bits per heavy atom. The minimum atomic E-state index is -4.98. The number of nitrogens with zero attached hydrogens (tertiary/aromatic N) is 1. The van der Waals surface area contributed by atoms with Crippen molar-refractivity contribution in [3.05, 3.63) is 95.2 Å². The monoisotopic (exact) mass is 595 g/mol. The minimum absolute atomic E-state index is 0.0893. The van der Waals surface area contributed by atoms with Crippen LogP contribution in [0.5, 0.6) is 11.5 Å². The normalized spacial score (nSPS) is 14.2. The molecular weight excluding hydrogens is 567 g/mol. The molecule has 0 fully saturated rings. The maximum absolute atomic E-state index is 13.8. The Hall–Kier alpha value is -4.80. The van der Waals surface area contributed by atoms with Crippen LogP contribution in [-0.4, -0.2) is 45.6 Å². The van der Waals surface area contributed by atoms with E-state index in [1.807, 2.05) is 18.2 Å². The molecule has 4 aromatic rings. The van der Waals surface area contributed by atoms with Crippen molar-refractivity contribution in [3.8, 4) is 11.5 Å². The molecular formula is C32H28F3NO7. The summed E-state index contributed by atoms with van der Waals surface area (Å²) in [5, 5.41) is 19.7. The average Bonchev–Trinajstić information content (AvgIpc) is 3.29. The Morgan fingerprint density at radius 1 is 0.884 bits per heavy atom. The van der Waals surface area contributed by atoms with Gasteiger partial charge in [0.2, 0.25) is 0 Å². The standard InChI is InChI=1S/C32H28F3NO7/c33-32(34,35)43-23-13-14-26-24(18-23)25-19-31(29(38)39,30(40)41)16-15-27(25)36(26)28(37)21-9-11-22(12-10-21)42-17-5-4-8-20-6-2-1-3-7-20/h1-3,6-7,9-14,18H,4-5,8,15-17,19H2,(H,38,39)(H,40,41). The molecule has 0 unspecified atom stereocenters. The molecule has 0 saturated heterocycles. The highest BCUT2D eigenvalue weighted by molar-refractivity contribution is 6.06. The smallest absolute Gasteiger partial charge is 0.494 e. The van der Waals surface area contributed by atoms with Crippen LogP contribution in [0.25, 0.3) is 10.9 Å². The van der Waals surface area contributed by atoms with Crippen molar-refractivity contribution in [3.63, 3.8) is 0 Å². The van der Waals surface area contributed by atoms with Gasteiger partial charge in [-0.05, 0) is 85.7 Å². The number of carbonyl (C=O) groups is 3. The van der Waals surface area contributed by atoms with Crippen molar-refractivity contribution in [2.75, 3.05) is 6.61 Å². The minimum Gasteiger partial charge on any atom is -0.494 e. The van der Waals surface area contributed by atoms with E-state index in [0.29, 0.717) is 18.1 Å². The molecule has 0 radical (unpaired) electrons. The fourth-order valence-electron chi connectivity index (χ4n) is 5.54. The van der Waals surface area contributed by atoms with E-state index >= 15 is 0 Å². The van der Waals surface area contributed by atoms with E-state index in [-0.39, 0.29) is 34.9 Å². The maximum atomic E-state index is 13.8. The fourth-order valence-corrected chi connectivity index (χ4v) is 5.54. The number of aliphatic carboxylic acids is 2. The van der Waals surface area contributed by atoms with Gasteiger partial charge >= 0.3 is 18.3 Å². The molecule has 11 heteroatoms. The second kappa shape index (κ2) is 11.8. The first-order valence-electron chi connectivity index (χ1n) is 13.7. The van der Waals surface area contributed by atoms with Crippen LogP contribution in [0.3, 0.4) is 0 Å². The first-order chi connectivity index (χ1) is 20.5. The molecule has 1 aliphatic carbocycles. The van der Waals surface area contributed by atoms with Crippen molar-refractivity contribution in [2.45, 2.75) is 44.9 Å². The van der Waals surface area contributed by atoms with Gasteiger partial charge in [0, 0.05) is 23.1 Å². The predicted molar refractivity (Wildman–Crippen MR) is 149 cm³/mol. The Labute approximate surface area is 244 Å². The van der Waals surface area contributed by atoms with Crippen LogP contribution in [-0.2, 0) is 28.9 Å². The van der Waals surface area contributed by atoms with Gasteiger partial charge in [0.1, 0.15) is 11.5 Å². The number of aryl methyl sites for hydroxylation is 1. The molecule has 0 atom stereocenters. The van der Waals surface area contributed by atoms with Gasteiger partial charge in [0.25, 0.3) is 5.91 Å². The number of aromatic nitrogens is 1. The third-order valence-corrected chi connectivity index (χ3v) is 7.75. The average molecular weight is 596 g/mol. The molecule has 0 bridgehead atoms. The predicted octanol–water partition coefficient (Wildman–Crippen LogP) is 6.27. The van der Waals surface area contributed by atoms with E-state index in [0.717, 1.165) is 31.4 Å². The Balaban J connectivity index is 1.39. The molecule has 1 heterocycles. The Bertz CT molecular complexity index is 1650. The van der Waals surface area contributed by atoms with Gasteiger partial charge < -0.3 is 19.7 Å². The zero-order chi connectivity index (χ0) is 30.8. The second-order valence-electron chi connectivity index (χ2n) is 10.5. The van der Waals surface area contributed by atoms with E-state index in [2.05, 4.69) is 16.9 Å². The van der Waals surface area contributed by atoms with Gasteiger partial charge in [0.15, 0.2) is 5.41 Å². The second-order valence-corrected chi connectivity index (χ2v) is 10.5. The van der Waals surface area contributed by atoms with Crippen LogP contribution in [0.15, 0.2) is 72.8 Å². The lowest BCUT2D eigenvalue weighted by molar-refractivity contribution is -0.274. The number of rotatable bonds is 10. The number of halogens is 3. The summed E-state index contributed by atoms with van der Waals surface area (Å²) in [6, 6.07) is 20.0. The van der Waals surface area contributed by atoms with Crippen LogP contribution in [0.2, 0.25) is 0 Å². The third kappa shape index (κ3) is 6.20. The van der Waals surface area contributed by atoms with Gasteiger partial charge in [-0.2, -0.15) is 0 Å². The highest BCUT2D eigenvalue weighted by Gasteiger charge is 2.50. The van der Waals surface area contributed by atoms with Crippen LogP contribution in [0.4, 0.5) is 13.2 Å². The topological polar surface area (TPSA) is 115 Å². The van der Waals surface area contributed by atoms with Crippen LogP contribution < -0.4 is 9.47 Å². The summed E-state index contributed by atoms with van der Waals surface area (Å²) >= 11 is 0. The van der Waals surface area contributed by atoms with Gasteiger partial charge in [-0.15, -0.1) is 13.2 Å². The Morgan fingerprint density at radius 3 is 2.21 bits per heavy atom. The van der Waals surface area contributed by atoms with Gasteiger partial charge in [-0.1, -0.05) is 30.3 Å². The first kappa shape index (κ1) is 29.7. The maximum Gasteiger partial charge on any atom is 0.573 e. The highest BCUT2D eigenvalue weighted by atomic mass is 19.4. The lowest BCUT2D eigenvalue weighted by Gasteiger charge is -2.29. The summed E-state index contributed by atoms with van der Waals surface area (Å²) in [6.07, 6.45) is -3.14. The third-order valence-electron chi connectivity index (χ3n) is 7.75. The number of carboxylic acids is 2. The van der Waals surface area contributed by atoms with Crippen molar-refractivity contribution >= 4 is 28.7 Å². The summed E-state index contributed by atoms with van der Waals surface area (Å²) in [7, 11) is 0.